The maximum atomic E-state index is 13.3. The zero-order chi connectivity index (χ0) is 13.7. The third-order valence-electron chi connectivity index (χ3n) is 2.26. The average molecular weight is 260 g/mol. The number of hydrogen-bond donors (Lipinski definition) is 1. The van der Waals surface area contributed by atoms with Crippen molar-refractivity contribution in [3.8, 4) is 0 Å². The number of anilines is 1. The van der Waals surface area contributed by atoms with E-state index in [-0.39, 0.29) is 17.1 Å². The second-order valence-electron chi connectivity index (χ2n) is 3.52. The Morgan fingerprint density at radius 2 is 2.11 bits per heavy atom. The van der Waals surface area contributed by atoms with Gasteiger partial charge in [0.1, 0.15) is 5.82 Å². The molecule has 0 amide bonds. The van der Waals surface area contributed by atoms with Crippen LogP contribution in [0.3, 0.4) is 0 Å². The molecule has 0 atom stereocenters. The topological polar surface area (TPSA) is 80.4 Å². The van der Waals surface area contributed by atoms with Crippen LogP contribution in [0.4, 0.5) is 15.9 Å². The van der Waals surface area contributed by atoms with E-state index in [4.69, 9.17) is 0 Å². The van der Waals surface area contributed by atoms with Gasteiger partial charge in [-0.15, -0.1) is 0 Å². The molecule has 0 unspecified atom stereocenters. The van der Waals surface area contributed by atoms with Gasteiger partial charge in [0.15, 0.2) is 0 Å². The number of hydrogen-bond acceptors (Lipinski definition) is 5. The highest BCUT2D eigenvalue weighted by atomic mass is 19.1. The monoisotopic (exact) mass is 260 g/mol. The summed E-state index contributed by atoms with van der Waals surface area (Å²) in [4.78, 5) is 13.9. The molecule has 0 bridgehead atoms. The van der Waals surface area contributed by atoms with Gasteiger partial charge in [-0.25, -0.2) is 9.37 Å². The normalized spacial score (nSPS) is 10.6. The van der Waals surface area contributed by atoms with Crippen molar-refractivity contribution in [2.24, 2.45) is 5.10 Å². The van der Waals surface area contributed by atoms with Crippen LogP contribution in [0.5, 0.6) is 0 Å². The highest BCUT2D eigenvalue weighted by molar-refractivity contribution is 5.80. The van der Waals surface area contributed by atoms with Gasteiger partial charge in [-0.2, -0.15) is 5.10 Å². The lowest BCUT2D eigenvalue weighted by atomic mass is 10.2. The predicted molar refractivity (Wildman–Crippen MR) is 68.5 cm³/mol. The fourth-order valence-corrected chi connectivity index (χ4v) is 1.37. The molecule has 1 heterocycles. The number of nitrogens with zero attached hydrogens (tertiary/aromatic N) is 3. The van der Waals surface area contributed by atoms with E-state index in [2.05, 4.69) is 15.5 Å². The first kappa shape index (κ1) is 12.6. The zero-order valence-electron chi connectivity index (χ0n) is 9.65. The van der Waals surface area contributed by atoms with Gasteiger partial charge in [-0.3, -0.25) is 15.5 Å². The number of rotatable bonds is 4. The largest absolute Gasteiger partial charge is 0.313 e. The average Bonchev–Trinajstić information content (AvgIpc) is 2.41. The molecule has 1 N–H and O–H groups in total. The number of hydrazone groups is 1. The smallest absolute Gasteiger partial charge is 0.258 e. The molecule has 0 spiro atoms. The van der Waals surface area contributed by atoms with Crippen molar-refractivity contribution in [2.75, 3.05) is 5.43 Å². The summed E-state index contributed by atoms with van der Waals surface area (Å²) in [6.45, 7) is 0. The van der Waals surface area contributed by atoms with Crippen LogP contribution in [0, 0.1) is 15.9 Å². The SMILES string of the molecule is O=[N+]([O-])c1cccnc1N/N=C/c1ccccc1F. The van der Waals surface area contributed by atoms with Crippen molar-refractivity contribution in [1.82, 2.24) is 4.98 Å². The van der Waals surface area contributed by atoms with Crippen LogP contribution >= 0.6 is 0 Å². The van der Waals surface area contributed by atoms with Crippen molar-refractivity contribution in [3.63, 3.8) is 0 Å². The van der Waals surface area contributed by atoms with E-state index >= 15 is 0 Å². The molecule has 7 heteroatoms. The number of benzene rings is 1. The standard InChI is InChI=1S/C12H9FN4O2/c13-10-5-2-1-4-9(10)8-15-16-12-11(17(18)19)6-3-7-14-12/h1-8H,(H,14,16)/b15-8+. The van der Waals surface area contributed by atoms with Crippen LogP contribution in [0.15, 0.2) is 47.7 Å². The summed E-state index contributed by atoms with van der Waals surface area (Å²) in [6, 6.07) is 8.80. The summed E-state index contributed by atoms with van der Waals surface area (Å²) in [7, 11) is 0. The minimum atomic E-state index is -0.575. The molecule has 1 aromatic heterocycles. The molecule has 0 aliphatic heterocycles. The Labute approximate surface area is 107 Å². The van der Waals surface area contributed by atoms with Gasteiger partial charge in [0, 0.05) is 17.8 Å². The fraction of sp³-hybridized carbons (Fsp3) is 0. The van der Waals surface area contributed by atoms with Gasteiger partial charge >= 0.3 is 5.69 Å². The molecular weight excluding hydrogens is 251 g/mol. The zero-order valence-corrected chi connectivity index (χ0v) is 9.65. The maximum Gasteiger partial charge on any atom is 0.313 e. The van der Waals surface area contributed by atoms with Crippen LogP contribution in [0.1, 0.15) is 5.56 Å². The van der Waals surface area contributed by atoms with Crippen LogP contribution in [0.25, 0.3) is 0 Å². The highest BCUT2D eigenvalue weighted by Crippen LogP contribution is 2.19. The Bertz CT molecular complexity index is 631. The number of pyridine rings is 1. The third kappa shape index (κ3) is 3.09. The number of nitro groups is 1. The van der Waals surface area contributed by atoms with Crippen molar-refractivity contribution >= 4 is 17.7 Å². The van der Waals surface area contributed by atoms with Gasteiger partial charge in [0.2, 0.25) is 5.82 Å². The number of nitrogens with one attached hydrogen (secondary N) is 1. The Morgan fingerprint density at radius 3 is 2.84 bits per heavy atom. The first-order chi connectivity index (χ1) is 9.18. The Hall–Kier alpha value is -2.83. The van der Waals surface area contributed by atoms with Crippen molar-refractivity contribution in [2.45, 2.75) is 0 Å². The van der Waals surface area contributed by atoms with Gasteiger partial charge in [0.25, 0.3) is 0 Å². The van der Waals surface area contributed by atoms with Crippen LogP contribution in [0.2, 0.25) is 0 Å². The van der Waals surface area contributed by atoms with E-state index in [1.165, 1.54) is 36.7 Å². The van der Waals surface area contributed by atoms with E-state index < -0.39 is 10.7 Å². The van der Waals surface area contributed by atoms with Gasteiger partial charge in [-0.1, -0.05) is 18.2 Å². The molecule has 1 aromatic carbocycles. The van der Waals surface area contributed by atoms with Crippen molar-refractivity contribution in [1.29, 1.82) is 0 Å². The molecule has 2 aromatic rings. The molecule has 0 saturated heterocycles. The predicted octanol–water partition coefficient (Wildman–Crippen LogP) is 2.57. The van der Waals surface area contributed by atoms with Crippen LogP contribution in [-0.4, -0.2) is 16.1 Å². The number of halogens is 1. The minimum absolute atomic E-state index is 0.0000827. The summed E-state index contributed by atoms with van der Waals surface area (Å²) in [5.41, 5.74) is 2.49. The molecule has 19 heavy (non-hydrogen) atoms. The molecule has 0 aliphatic rings. The molecule has 0 fully saturated rings. The number of aromatic nitrogens is 1. The Balaban J connectivity index is 2.15. The lowest BCUT2D eigenvalue weighted by Crippen LogP contribution is -1.99. The van der Waals surface area contributed by atoms with Gasteiger partial charge in [-0.05, 0) is 12.1 Å². The third-order valence-corrected chi connectivity index (χ3v) is 2.26. The van der Waals surface area contributed by atoms with Gasteiger partial charge in [0.05, 0.1) is 11.1 Å². The summed E-state index contributed by atoms with van der Waals surface area (Å²) < 4.78 is 13.3. The van der Waals surface area contributed by atoms with E-state index in [9.17, 15) is 14.5 Å². The second-order valence-corrected chi connectivity index (χ2v) is 3.52. The summed E-state index contributed by atoms with van der Waals surface area (Å²) >= 11 is 0. The fourth-order valence-electron chi connectivity index (χ4n) is 1.37. The molecule has 6 nitrogen and oxygen atoms in total. The van der Waals surface area contributed by atoms with E-state index in [0.29, 0.717) is 0 Å². The molecule has 0 aliphatic carbocycles. The van der Waals surface area contributed by atoms with Crippen LogP contribution in [-0.2, 0) is 0 Å². The van der Waals surface area contributed by atoms with Crippen LogP contribution < -0.4 is 5.43 Å². The van der Waals surface area contributed by atoms with Crippen molar-refractivity contribution < 1.29 is 9.31 Å². The Kier molecular flexibility index (Phi) is 3.77. The molecular formula is C12H9FN4O2. The molecule has 96 valence electrons. The minimum Gasteiger partial charge on any atom is -0.258 e. The summed E-state index contributed by atoms with van der Waals surface area (Å²) in [5.74, 6) is -0.427. The lowest BCUT2D eigenvalue weighted by molar-refractivity contribution is -0.384. The highest BCUT2D eigenvalue weighted by Gasteiger charge is 2.12. The van der Waals surface area contributed by atoms with E-state index in [0.717, 1.165) is 0 Å². The summed E-state index contributed by atoms with van der Waals surface area (Å²) in [6.07, 6.45) is 2.63. The summed E-state index contributed by atoms with van der Waals surface area (Å²) in [5, 5.41) is 14.5. The second kappa shape index (κ2) is 5.67. The van der Waals surface area contributed by atoms with E-state index in [1.54, 1.807) is 12.1 Å². The maximum absolute atomic E-state index is 13.3. The Morgan fingerprint density at radius 1 is 1.32 bits per heavy atom. The molecule has 2 rings (SSSR count). The van der Waals surface area contributed by atoms with Crippen molar-refractivity contribution in [3.05, 3.63) is 64.1 Å². The first-order valence-electron chi connectivity index (χ1n) is 5.31. The quantitative estimate of drug-likeness (QED) is 0.520. The lowest BCUT2D eigenvalue weighted by Gasteiger charge is -2.00. The van der Waals surface area contributed by atoms with Gasteiger partial charge < -0.3 is 0 Å². The molecule has 0 saturated carbocycles. The van der Waals surface area contributed by atoms with E-state index in [1.807, 2.05) is 0 Å². The molecule has 0 radical (unpaired) electrons. The first-order valence-corrected chi connectivity index (χ1v) is 5.31.